The monoisotopic (exact) mass is 309 g/mol. The van der Waals surface area contributed by atoms with Crippen molar-refractivity contribution in [2.24, 2.45) is 11.8 Å². The van der Waals surface area contributed by atoms with Crippen LogP contribution in [0.4, 0.5) is 0 Å². The Morgan fingerprint density at radius 3 is 1.64 bits per heavy atom. The van der Waals surface area contributed by atoms with E-state index in [9.17, 15) is 0 Å². The van der Waals surface area contributed by atoms with Gasteiger partial charge in [0, 0.05) is 0 Å². The summed E-state index contributed by atoms with van der Waals surface area (Å²) in [5, 5.41) is 0. The van der Waals surface area contributed by atoms with Crippen LogP contribution in [0.25, 0.3) is 0 Å². The van der Waals surface area contributed by atoms with Gasteiger partial charge in [0.1, 0.15) is 0 Å². The first kappa shape index (κ1) is 22.0. The van der Waals surface area contributed by atoms with E-state index < -0.39 is 0 Å². The van der Waals surface area contributed by atoms with Gasteiger partial charge in [-0.15, -0.1) is 0 Å². The van der Waals surface area contributed by atoms with E-state index in [-0.39, 0.29) is 0 Å². The van der Waals surface area contributed by atoms with E-state index in [2.05, 4.69) is 34.1 Å². The average molecular weight is 310 g/mol. The Morgan fingerprint density at radius 2 is 1.00 bits per heavy atom. The molecule has 0 aromatic carbocycles. The number of rotatable bonds is 17. The second kappa shape index (κ2) is 17.4. The lowest BCUT2D eigenvalue weighted by Crippen LogP contribution is -2.08. The van der Waals surface area contributed by atoms with E-state index in [0.717, 1.165) is 11.8 Å². The summed E-state index contributed by atoms with van der Waals surface area (Å²) in [6.07, 6.45) is 24.1. The van der Waals surface area contributed by atoms with Crippen molar-refractivity contribution in [3.05, 3.63) is 6.42 Å². The van der Waals surface area contributed by atoms with Crippen LogP contribution < -0.4 is 0 Å². The molecule has 133 valence electrons. The minimum atomic E-state index is 0.832. The van der Waals surface area contributed by atoms with Crippen molar-refractivity contribution in [1.82, 2.24) is 0 Å². The average Bonchev–Trinajstić information content (AvgIpc) is 2.52. The molecule has 2 unspecified atom stereocenters. The Bertz CT molecular complexity index is 196. The molecule has 0 amide bonds. The van der Waals surface area contributed by atoms with Crippen LogP contribution in [-0.4, -0.2) is 0 Å². The first-order valence-electron chi connectivity index (χ1n) is 10.6. The molecular formula is C22H45. The number of hydrogen-bond acceptors (Lipinski definition) is 0. The van der Waals surface area contributed by atoms with E-state index in [1.54, 1.807) is 0 Å². The molecule has 0 aliphatic rings. The largest absolute Gasteiger partial charge is 0.0654 e. The molecule has 0 heterocycles. The van der Waals surface area contributed by atoms with Crippen LogP contribution in [0, 0.1) is 18.3 Å². The lowest BCUT2D eigenvalue weighted by molar-refractivity contribution is 0.402. The molecular weight excluding hydrogens is 264 g/mol. The smallest absolute Gasteiger partial charge is 0.0326 e. The minimum absolute atomic E-state index is 0.832. The van der Waals surface area contributed by atoms with Gasteiger partial charge in [0.2, 0.25) is 0 Å². The molecule has 0 heteroatoms. The molecule has 0 bridgehead atoms. The molecule has 0 aromatic heterocycles. The standard InChI is InChI=1S/C22H45/c1-5-8-11-13-14-16-19-22(18-10-7-3)20-21(4)17-15-12-9-6-2/h20-22H,5-19H2,1-4H3. The zero-order valence-electron chi connectivity index (χ0n) is 16.3. The van der Waals surface area contributed by atoms with Crippen molar-refractivity contribution in [3.8, 4) is 0 Å². The van der Waals surface area contributed by atoms with Gasteiger partial charge >= 0.3 is 0 Å². The highest BCUT2D eigenvalue weighted by atomic mass is 14.2. The molecule has 0 N–H and O–H groups in total. The molecule has 0 spiro atoms. The van der Waals surface area contributed by atoms with E-state index in [1.165, 1.54) is 96.3 Å². The van der Waals surface area contributed by atoms with Crippen LogP contribution in [0.5, 0.6) is 0 Å². The van der Waals surface area contributed by atoms with Crippen LogP contribution in [0.15, 0.2) is 0 Å². The van der Waals surface area contributed by atoms with Crippen molar-refractivity contribution < 1.29 is 0 Å². The summed E-state index contributed by atoms with van der Waals surface area (Å²) >= 11 is 0. The quantitative estimate of drug-likeness (QED) is 0.237. The van der Waals surface area contributed by atoms with Crippen molar-refractivity contribution in [1.29, 1.82) is 0 Å². The van der Waals surface area contributed by atoms with Gasteiger partial charge in [-0.1, -0.05) is 124 Å². The molecule has 0 nitrogen and oxygen atoms in total. The molecule has 0 aliphatic heterocycles. The van der Waals surface area contributed by atoms with Crippen LogP contribution in [0.2, 0.25) is 0 Å². The zero-order chi connectivity index (χ0) is 16.5. The maximum absolute atomic E-state index is 2.72. The third-order valence-corrected chi connectivity index (χ3v) is 4.97. The van der Waals surface area contributed by atoms with Gasteiger partial charge in [-0.25, -0.2) is 0 Å². The molecule has 0 aliphatic carbocycles. The maximum Gasteiger partial charge on any atom is -0.0326 e. The van der Waals surface area contributed by atoms with E-state index in [0.29, 0.717) is 0 Å². The van der Waals surface area contributed by atoms with Crippen LogP contribution in [0.1, 0.15) is 124 Å². The summed E-state index contributed by atoms with van der Waals surface area (Å²) in [6, 6.07) is 0. The SMILES string of the molecule is CCCCCCCCC([CH]C(C)CCCCCC)CCCC. The number of unbranched alkanes of at least 4 members (excludes halogenated alkanes) is 9. The second-order valence-electron chi connectivity index (χ2n) is 7.48. The highest BCUT2D eigenvalue weighted by molar-refractivity contribution is 4.81. The molecule has 22 heavy (non-hydrogen) atoms. The van der Waals surface area contributed by atoms with E-state index in [1.807, 2.05) is 0 Å². The minimum Gasteiger partial charge on any atom is -0.0654 e. The lowest BCUT2D eigenvalue weighted by atomic mass is 9.85. The Labute approximate surface area is 142 Å². The molecule has 1 radical (unpaired) electrons. The second-order valence-corrected chi connectivity index (χ2v) is 7.48. The van der Waals surface area contributed by atoms with Crippen LogP contribution in [-0.2, 0) is 0 Å². The predicted molar refractivity (Wildman–Crippen MR) is 103 cm³/mol. The fraction of sp³-hybridized carbons (Fsp3) is 0.955. The third-order valence-electron chi connectivity index (χ3n) is 4.97. The Morgan fingerprint density at radius 1 is 0.545 bits per heavy atom. The summed E-state index contributed by atoms with van der Waals surface area (Å²) in [6.45, 7) is 9.39. The molecule has 0 saturated heterocycles. The Balaban J connectivity index is 3.79. The summed E-state index contributed by atoms with van der Waals surface area (Å²) in [5.41, 5.74) is 0. The normalized spacial score (nSPS) is 14.2. The Hall–Kier alpha value is 0. The molecule has 0 saturated carbocycles. The van der Waals surface area contributed by atoms with Crippen LogP contribution >= 0.6 is 0 Å². The maximum atomic E-state index is 2.72. The topological polar surface area (TPSA) is 0 Å². The zero-order valence-corrected chi connectivity index (χ0v) is 16.3. The first-order chi connectivity index (χ1) is 10.7. The molecule has 2 atom stereocenters. The summed E-state index contributed by atoms with van der Waals surface area (Å²) < 4.78 is 0. The van der Waals surface area contributed by atoms with Crippen molar-refractivity contribution in [2.45, 2.75) is 124 Å². The third kappa shape index (κ3) is 14.9. The summed E-state index contributed by atoms with van der Waals surface area (Å²) in [5.74, 6) is 1.73. The Kier molecular flexibility index (Phi) is 17.4. The van der Waals surface area contributed by atoms with Gasteiger partial charge in [-0.05, 0) is 18.3 Å². The highest BCUT2D eigenvalue weighted by Crippen LogP contribution is 2.26. The van der Waals surface area contributed by atoms with Gasteiger partial charge in [0.25, 0.3) is 0 Å². The van der Waals surface area contributed by atoms with Crippen molar-refractivity contribution >= 4 is 0 Å². The van der Waals surface area contributed by atoms with Gasteiger partial charge in [-0.2, -0.15) is 0 Å². The van der Waals surface area contributed by atoms with Crippen molar-refractivity contribution in [3.63, 3.8) is 0 Å². The predicted octanol–water partition coefficient (Wildman–Crippen LogP) is 8.35. The van der Waals surface area contributed by atoms with Crippen molar-refractivity contribution in [2.75, 3.05) is 0 Å². The fourth-order valence-electron chi connectivity index (χ4n) is 3.44. The summed E-state index contributed by atoms with van der Waals surface area (Å²) in [4.78, 5) is 0. The lowest BCUT2D eigenvalue weighted by Gasteiger charge is -2.21. The van der Waals surface area contributed by atoms with Gasteiger partial charge in [0.15, 0.2) is 0 Å². The highest BCUT2D eigenvalue weighted by Gasteiger charge is 2.13. The van der Waals surface area contributed by atoms with E-state index >= 15 is 0 Å². The van der Waals surface area contributed by atoms with Crippen LogP contribution in [0.3, 0.4) is 0 Å². The van der Waals surface area contributed by atoms with Gasteiger partial charge < -0.3 is 0 Å². The molecule has 0 rings (SSSR count). The summed E-state index contributed by atoms with van der Waals surface area (Å²) in [7, 11) is 0. The fourth-order valence-corrected chi connectivity index (χ4v) is 3.44. The molecule has 0 aromatic rings. The van der Waals surface area contributed by atoms with E-state index in [4.69, 9.17) is 0 Å². The number of hydrogen-bond donors (Lipinski definition) is 0. The first-order valence-corrected chi connectivity index (χ1v) is 10.6. The molecule has 0 fully saturated rings. The van der Waals surface area contributed by atoms with Gasteiger partial charge in [0.05, 0.1) is 0 Å². The van der Waals surface area contributed by atoms with Gasteiger partial charge in [-0.3, -0.25) is 0 Å².